The van der Waals surface area contributed by atoms with E-state index >= 15 is 0 Å². The van der Waals surface area contributed by atoms with E-state index in [0.717, 1.165) is 39.0 Å². The minimum atomic E-state index is -0.509. The Hall–Kier alpha value is -2.88. The number of halogens is 1. The highest BCUT2D eigenvalue weighted by Gasteiger charge is 2.50. The van der Waals surface area contributed by atoms with Gasteiger partial charge in [-0.1, -0.05) is 49.2 Å². The molecule has 0 radical (unpaired) electrons. The number of amides is 1. The summed E-state index contributed by atoms with van der Waals surface area (Å²) >= 11 is 7.57. The van der Waals surface area contributed by atoms with E-state index in [1.54, 1.807) is 42.5 Å². The largest absolute Gasteiger partial charge is 0.465 e. The molecule has 5 rings (SSSR count). The van der Waals surface area contributed by atoms with Crippen molar-refractivity contribution in [3.8, 4) is 5.69 Å². The monoisotopic (exact) mass is 540 g/mol. The molecule has 2 aromatic carbocycles. The van der Waals surface area contributed by atoms with Gasteiger partial charge in [-0.15, -0.1) is 0 Å². The second-order valence-electron chi connectivity index (χ2n) is 9.78. The maximum atomic E-state index is 13.8. The molecule has 1 N–H and O–H groups in total. The number of nitrogens with zero attached hydrogens (tertiary/aromatic N) is 3. The number of fused-ring (bicyclic) bond motifs is 1. The Bertz CT molecular complexity index is 1410. The maximum Gasteiger partial charge on any atom is 0.337 e. The zero-order chi connectivity index (χ0) is 26.2. The third-order valence-corrected chi connectivity index (χ3v) is 8.47. The second kappa shape index (κ2) is 10.5. The number of likely N-dealkylation sites (tertiary alicyclic amines) is 1. The molecule has 2 aliphatic rings. The van der Waals surface area contributed by atoms with Crippen LogP contribution in [0.4, 0.5) is 0 Å². The van der Waals surface area contributed by atoms with E-state index in [1.807, 2.05) is 4.90 Å². The van der Waals surface area contributed by atoms with E-state index in [0.29, 0.717) is 38.8 Å². The number of thioether (sulfide) groups is 1. The number of hydrogen-bond acceptors (Lipinski definition) is 7. The lowest BCUT2D eigenvalue weighted by Crippen LogP contribution is -2.72. The number of unbranched alkanes of at least 4 members (excludes halogenated alkanes) is 1. The smallest absolute Gasteiger partial charge is 0.337 e. The van der Waals surface area contributed by atoms with Crippen molar-refractivity contribution in [1.82, 2.24) is 19.8 Å². The molecule has 0 saturated carbocycles. The van der Waals surface area contributed by atoms with Gasteiger partial charge in [-0.3, -0.25) is 14.2 Å². The summed E-state index contributed by atoms with van der Waals surface area (Å²) in [6, 6.07) is 11.7. The third kappa shape index (κ3) is 5.00. The van der Waals surface area contributed by atoms with Crippen LogP contribution in [0.2, 0.25) is 5.02 Å². The van der Waals surface area contributed by atoms with Crippen LogP contribution in [-0.2, 0) is 9.53 Å². The SMILES string of the molecule is CCCCC(Sc1nc2cc(C(=O)OC)ccc2c(=O)n1-c1cccc(Cl)c1)C(=O)N1CC2(CNC2)C1. The lowest BCUT2D eigenvalue weighted by Gasteiger charge is -2.56. The Morgan fingerprint density at radius 2 is 2.00 bits per heavy atom. The van der Waals surface area contributed by atoms with Gasteiger partial charge in [0.25, 0.3) is 5.56 Å². The van der Waals surface area contributed by atoms with E-state index in [1.165, 1.54) is 23.4 Å². The standard InChI is InChI=1S/C27H29ClN4O4S/c1-3-4-8-22(24(34)31-15-27(16-31)13-29-14-27)37-26-30-21-11-17(25(35)36-2)9-10-20(21)23(33)32(26)19-7-5-6-18(28)12-19/h5-7,9-12,22,29H,3-4,8,13-16H2,1-2H3. The first-order valence-corrected chi connectivity index (χ1v) is 13.7. The maximum absolute atomic E-state index is 13.8. The van der Waals surface area contributed by atoms with Gasteiger partial charge in [0, 0.05) is 36.6 Å². The van der Waals surface area contributed by atoms with E-state index in [-0.39, 0.29) is 22.1 Å². The molecule has 37 heavy (non-hydrogen) atoms. The van der Waals surface area contributed by atoms with Gasteiger partial charge in [-0.25, -0.2) is 9.78 Å². The Morgan fingerprint density at radius 1 is 1.22 bits per heavy atom. The number of methoxy groups -OCH3 is 1. The van der Waals surface area contributed by atoms with Crippen LogP contribution in [0, 0.1) is 5.41 Å². The van der Waals surface area contributed by atoms with Crippen molar-refractivity contribution in [2.24, 2.45) is 5.41 Å². The summed E-state index contributed by atoms with van der Waals surface area (Å²) in [6.07, 6.45) is 2.51. The van der Waals surface area contributed by atoms with Crippen LogP contribution in [0.15, 0.2) is 52.4 Å². The molecule has 10 heteroatoms. The summed E-state index contributed by atoms with van der Waals surface area (Å²) in [5, 5.41) is 4.15. The minimum absolute atomic E-state index is 0.0753. The number of carbonyl (C=O) groups is 2. The molecule has 1 atom stereocenters. The van der Waals surface area contributed by atoms with Crippen molar-refractivity contribution in [3.63, 3.8) is 0 Å². The predicted octanol–water partition coefficient (Wildman–Crippen LogP) is 3.91. The van der Waals surface area contributed by atoms with Gasteiger partial charge >= 0.3 is 5.97 Å². The first-order valence-electron chi connectivity index (χ1n) is 12.4. The molecule has 0 bridgehead atoms. The number of rotatable bonds is 8. The lowest BCUT2D eigenvalue weighted by molar-refractivity contribution is -0.146. The van der Waals surface area contributed by atoms with Crippen LogP contribution in [0.1, 0.15) is 36.5 Å². The molecule has 1 amide bonds. The number of ether oxygens (including phenoxy) is 1. The molecule has 3 heterocycles. The molecule has 0 aliphatic carbocycles. The number of esters is 1. The Labute approximate surface area is 224 Å². The molecule has 3 aromatic rings. The lowest BCUT2D eigenvalue weighted by atomic mass is 9.74. The first kappa shape index (κ1) is 25.8. The summed E-state index contributed by atoms with van der Waals surface area (Å²) in [6.45, 7) is 5.52. The molecule has 1 aromatic heterocycles. The number of benzene rings is 2. The van der Waals surface area contributed by atoms with E-state index in [9.17, 15) is 14.4 Å². The number of nitrogens with one attached hydrogen (secondary N) is 1. The van der Waals surface area contributed by atoms with Crippen LogP contribution in [0.25, 0.3) is 16.6 Å². The number of carbonyl (C=O) groups excluding carboxylic acids is 2. The molecule has 194 valence electrons. The molecule has 8 nitrogen and oxygen atoms in total. The van der Waals surface area contributed by atoms with Gasteiger partial charge < -0.3 is 15.0 Å². The number of hydrogen-bond donors (Lipinski definition) is 1. The second-order valence-corrected chi connectivity index (χ2v) is 11.4. The van der Waals surface area contributed by atoms with E-state index in [2.05, 4.69) is 12.2 Å². The molecule has 1 unspecified atom stereocenters. The topological polar surface area (TPSA) is 93.5 Å². The Balaban J connectivity index is 1.57. The fourth-order valence-electron chi connectivity index (χ4n) is 4.91. The molecule has 1 spiro atoms. The summed E-state index contributed by atoms with van der Waals surface area (Å²) in [7, 11) is 1.31. The summed E-state index contributed by atoms with van der Waals surface area (Å²) in [5.74, 6) is -0.434. The van der Waals surface area contributed by atoms with Gasteiger partial charge in [0.1, 0.15) is 0 Å². The Kier molecular flexibility index (Phi) is 7.29. The first-order chi connectivity index (χ1) is 17.8. The zero-order valence-electron chi connectivity index (χ0n) is 20.8. The summed E-state index contributed by atoms with van der Waals surface area (Å²) < 4.78 is 6.35. The highest BCUT2D eigenvalue weighted by atomic mass is 35.5. The molecule has 2 saturated heterocycles. The quantitative estimate of drug-likeness (QED) is 0.263. The van der Waals surface area contributed by atoms with Crippen molar-refractivity contribution >= 4 is 46.1 Å². The molecule has 2 aliphatic heterocycles. The third-order valence-electron chi connectivity index (χ3n) is 7.03. The van der Waals surface area contributed by atoms with Crippen LogP contribution in [0.5, 0.6) is 0 Å². The molecular formula is C27H29ClN4O4S. The molecular weight excluding hydrogens is 512 g/mol. The van der Waals surface area contributed by atoms with Crippen LogP contribution >= 0.6 is 23.4 Å². The highest BCUT2D eigenvalue weighted by molar-refractivity contribution is 8.00. The van der Waals surface area contributed by atoms with Crippen LogP contribution in [0.3, 0.4) is 0 Å². The fourth-order valence-corrected chi connectivity index (χ4v) is 6.32. The van der Waals surface area contributed by atoms with E-state index < -0.39 is 5.97 Å². The fraction of sp³-hybridized carbons (Fsp3) is 0.407. The van der Waals surface area contributed by atoms with Crippen molar-refractivity contribution in [1.29, 1.82) is 0 Å². The average Bonchev–Trinajstić information content (AvgIpc) is 2.84. The average molecular weight is 541 g/mol. The summed E-state index contributed by atoms with van der Waals surface area (Å²) in [4.78, 5) is 46.2. The molecule has 2 fully saturated rings. The Morgan fingerprint density at radius 3 is 2.65 bits per heavy atom. The van der Waals surface area contributed by atoms with Gasteiger partial charge in [0.05, 0.1) is 34.5 Å². The van der Waals surface area contributed by atoms with Gasteiger partial charge in [0.15, 0.2) is 5.16 Å². The van der Waals surface area contributed by atoms with Crippen molar-refractivity contribution in [2.75, 3.05) is 33.3 Å². The van der Waals surface area contributed by atoms with Crippen molar-refractivity contribution < 1.29 is 14.3 Å². The van der Waals surface area contributed by atoms with Crippen molar-refractivity contribution in [3.05, 3.63) is 63.4 Å². The van der Waals surface area contributed by atoms with Crippen LogP contribution < -0.4 is 10.9 Å². The summed E-state index contributed by atoms with van der Waals surface area (Å²) in [5.41, 5.74) is 1.17. The highest BCUT2D eigenvalue weighted by Crippen LogP contribution is 2.37. The van der Waals surface area contributed by atoms with Crippen molar-refractivity contribution in [2.45, 2.75) is 36.6 Å². The predicted molar refractivity (Wildman–Crippen MR) is 145 cm³/mol. The number of aromatic nitrogens is 2. The van der Waals surface area contributed by atoms with Gasteiger partial charge in [-0.05, 0) is 42.8 Å². The zero-order valence-corrected chi connectivity index (χ0v) is 22.4. The van der Waals surface area contributed by atoms with Gasteiger partial charge in [0.2, 0.25) is 5.91 Å². The minimum Gasteiger partial charge on any atom is -0.465 e. The van der Waals surface area contributed by atoms with E-state index in [4.69, 9.17) is 21.3 Å². The van der Waals surface area contributed by atoms with Crippen LogP contribution in [-0.4, -0.2) is 64.9 Å². The normalized spacial score (nSPS) is 16.8. The van der Waals surface area contributed by atoms with Gasteiger partial charge in [-0.2, -0.15) is 0 Å².